The number of nitro benzene ring substituents is 1. The molecule has 3 rings (SSSR count). The van der Waals surface area contributed by atoms with E-state index in [4.69, 9.17) is 9.47 Å². The molecule has 11 heteroatoms. The number of nitrogens with one attached hydrogen (secondary N) is 1. The van der Waals surface area contributed by atoms with E-state index in [2.05, 4.69) is 5.32 Å². The highest BCUT2D eigenvalue weighted by Crippen LogP contribution is 2.40. The monoisotopic (exact) mass is 421 g/mol. The molecule has 0 aromatic heterocycles. The van der Waals surface area contributed by atoms with Crippen molar-refractivity contribution in [2.75, 3.05) is 39.4 Å². The van der Waals surface area contributed by atoms with Gasteiger partial charge in [-0.15, -0.1) is 12.4 Å². The number of hydrogen-bond donors (Lipinski definition) is 1. The van der Waals surface area contributed by atoms with Gasteiger partial charge in [-0.2, -0.15) is 4.31 Å². The van der Waals surface area contributed by atoms with Crippen molar-refractivity contribution in [3.63, 3.8) is 0 Å². The van der Waals surface area contributed by atoms with Crippen molar-refractivity contribution >= 4 is 28.1 Å². The highest BCUT2D eigenvalue weighted by atomic mass is 35.5. The zero-order valence-corrected chi connectivity index (χ0v) is 16.7. The summed E-state index contributed by atoms with van der Waals surface area (Å²) >= 11 is 0. The number of rotatable bonds is 6. The van der Waals surface area contributed by atoms with Gasteiger partial charge in [-0.05, 0) is 31.8 Å². The topological polar surface area (TPSA) is 111 Å². The number of benzene rings is 1. The Hall–Kier alpha value is -1.62. The molecule has 2 aliphatic rings. The molecule has 0 aliphatic carbocycles. The molecule has 9 nitrogen and oxygen atoms in total. The summed E-state index contributed by atoms with van der Waals surface area (Å²) in [5, 5.41) is 14.7. The highest BCUT2D eigenvalue weighted by molar-refractivity contribution is 7.89. The minimum atomic E-state index is -3.98. The summed E-state index contributed by atoms with van der Waals surface area (Å²) in [6.45, 7) is 5.01. The van der Waals surface area contributed by atoms with Gasteiger partial charge in [0.2, 0.25) is 10.0 Å². The van der Waals surface area contributed by atoms with Crippen LogP contribution in [0.5, 0.6) is 11.5 Å². The Balaban J connectivity index is 0.00000261. The molecule has 0 amide bonds. The quantitative estimate of drug-likeness (QED) is 0.550. The second kappa shape index (κ2) is 9.05. The number of fused-ring (bicyclic) bond motifs is 1. The fraction of sp³-hybridized carbons (Fsp3) is 0.625. The van der Waals surface area contributed by atoms with Gasteiger partial charge in [0.15, 0.2) is 16.4 Å². The van der Waals surface area contributed by atoms with Gasteiger partial charge in [0.05, 0.1) is 11.0 Å². The summed E-state index contributed by atoms with van der Waals surface area (Å²) in [7, 11) is -3.98. The molecular weight excluding hydrogens is 398 g/mol. The number of nitrogens with zero attached hydrogens (tertiary/aromatic N) is 2. The Kier molecular flexibility index (Phi) is 7.26. The normalized spacial score (nSPS) is 18.0. The molecule has 27 heavy (non-hydrogen) atoms. The van der Waals surface area contributed by atoms with Gasteiger partial charge in [-0.25, -0.2) is 8.42 Å². The molecule has 1 saturated heterocycles. The molecule has 152 valence electrons. The Morgan fingerprint density at radius 1 is 1.22 bits per heavy atom. The lowest BCUT2D eigenvalue weighted by Gasteiger charge is -2.31. The molecule has 0 radical (unpaired) electrons. The molecule has 1 fully saturated rings. The van der Waals surface area contributed by atoms with E-state index in [0.29, 0.717) is 19.0 Å². The molecule has 0 atom stereocenters. The first-order valence-electron chi connectivity index (χ1n) is 8.72. The van der Waals surface area contributed by atoms with Gasteiger partial charge in [0.1, 0.15) is 13.2 Å². The number of piperidine rings is 1. The predicted molar refractivity (Wildman–Crippen MR) is 101 cm³/mol. The van der Waals surface area contributed by atoms with Crippen LogP contribution in [0.2, 0.25) is 0 Å². The zero-order chi connectivity index (χ0) is 18.7. The summed E-state index contributed by atoms with van der Waals surface area (Å²) in [5.41, 5.74) is -0.482. The summed E-state index contributed by atoms with van der Waals surface area (Å²) in [4.78, 5) is 10.4. The van der Waals surface area contributed by atoms with Gasteiger partial charge < -0.3 is 14.8 Å². The minimum Gasteiger partial charge on any atom is -0.486 e. The molecular formula is C16H24ClN3O6S. The van der Waals surface area contributed by atoms with Gasteiger partial charge in [-0.1, -0.05) is 6.92 Å². The molecule has 1 aromatic rings. The highest BCUT2D eigenvalue weighted by Gasteiger charge is 2.36. The number of sulfonamides is 1. The Labute approximate surface area is 164 Å². The van der Waals surface area contributed by atoms with Gasteiger partial charge in [0.25, 0.3) is 5.69 Å². The van der Waals surface area contributed by atoms with E-state index in [1.54, 1.807) is 0 Å². The van der Waals surface area contributed by atoms with E-state index < -0.39 is 20.6 Å². The first-order chi connectivity index (χ1) is 12.4. The number of halogens is 1. The van der Waals surface area contributed by atoms with Crippen molar-refractivity contribution in [3.05, 3.63) is 22.2 Å². The van der Waals surface area contributed by atoms with Crippen LogP contribution in [0.15, 0.2) is 17.0 Å². The van der Waals surface area contributed by atoms with Crippen molar-refractivity contribution < 1.29 is 22.8 Å². The summed E-state index contributed by atoms with van der Waals surface area (Å²) in [5.74, 6) is 0.838. The third-order valence-corrected chi connectivity index (χ3v) is 6.62. The van der Waals surface area contributed by atoms with Crippen molar-refractivity contribution in [1.29, 1.82) is 0 Å². The molecule has 1 N–H and O–H groups in total. The number of hydrogen-bond acceptors (Lipinski definition) is 7. The van der Waals surface area contributed by atoms with Crippen LogP contribution in [0.3, 0.4) is 0 Å². The molecule has 0 bridgehead atoms. The van der Waals surface area contributed by atoms with Crippen molar-refractivity contribution in [2.24, 2.45) is 5.92 Å². The summed E-state index contributed by atoms with van der Waals surface area (Å²) < 4.78 is 38.1. The van der Waals surface area contributed by atoms with E-state index in [1.165, 1.54) is 10.4 Å². The maximum Gasteiger partial charge on any atom is 0.293 e. The lowest BCUT2D eigenvalue weighted by Crippen LogP contribution is -2.40. The fourth-order valence-corrected chi connectivity index (χ4v) is 4.87. The summed E-state index contributed by atoms with van der Waals surface area (Å²) in [6.07, 6.45) is 1.45. The molecule has 0 saturated carbocycles. The zero-order valence-electron chi connectivity index (χ0n) is 15.0. The van der Waals surface area contributed by atoms with Crippen molar-refractivity contribution in [3.8, 4) is 11.5 Å². The van der Waals surface area contributed by atoms with Crippen LogP contribution >= 0.6 is 12.4 Å². The van der Waals surface area contributed by atoms with Crippen LogP contribution in [0, 0.1) is 16.0 Å². The van der Waals surface area contributed by atoms with Crippen LogP contribution in [0.25, 0.3) is 0 Å². The average molecular weight is 422 g/mol. The predicted octanol–water partition coefficient (Wildman–Crippen LogP) is 1.80. The maximum absolute atomic E-state index is 13.0. The summed E-state index contributed by atoms with van der Waals surface area (Å²) in [6, 6.07) is 2.35. The van der Waals surface area contributed by atoms with Gasteiger partial charge in [-0.3, -0.25) is 10.1 Å². The van der Waals surface area contributed by atoms with Crippen LogP contribution in [0.1, 0.15) is 19.8 Å². The maximum atomic E-state index is 13.0. The largest absolute Gasteiger partial charge is 0.486 e. The molecule has 2 heterocycles. The smallest absolute Gasteiger partial charge is 0.293 e. The van der Waals surface area contributed by atoms with Crippen LogP contribution < -0.4 is 14.8 Å². The SMILES string of the molecule is CCNCC1CCN(S(=O)(=O)c2cc3c(cc2[N+](=O)[O-])OCCO3)CC1.Cl. The lowest BCUT2D eigenvalue weighted by atomic mass is 9.98. The Morgan fingerprint density at radius 3 is 2.37 bits per heavy atom. The second-order valence-corrected chi connectivity index (χ2v) is 8.28. The fourth-order valence-electron chi connectivity index (χ4n) is 3.25. The first-order valence-corrected chi connectivity index (χ1v) is 10.2. The van der Waals surface area contributed by atoms with E-state index >= 15 is 0 Å². The van der Waals surface area contributed by atoms with Crippen molar-refractivity contribution in [1.82, 2.24) is 9.62 Å². The number of ether oxygens (including phenoxy) is 2. The molecule has 2 aliphatic heterocycles. The standard InChI is InChI=1S/C16H23N3O6S.ClH/c1-2-17-11-12-3-5-18(6-4-12)26(22,23)16-10-15-14(24-7-8-25-15)9-13(16)19(20)21;/h9-10,12,17H,2-8,11H2,1H3;1H. The third kappa shape index (κ3) is 4.63. The molecule has 1 aromatic carbocycles. The van der Waals surface area contributed by atoms with Crippen LogP contribution in [-0.2, 0) is 10.0 Å². The van der Waals surface area contributed by atoms with Crippen molar-refractivity contribution in [2.45, 2.75) is 24.7 Å². The van der Waals surface area contributed by atoms with Crippen LogP contribution in [-0.4, -0.2) is 57.0 Å². The Morgan fingerprint density at radius 2 is 1.81 bits per heavy atom. The van der Waals surface area contributed by atoms with Gasteiger partial charge >= 0.3 is 0 Å². The minimum absolute atomic E-state index is 0. The molecule has 0 spiro atoms. The third-order valence-electron chi connectivity index (χ3n) is 4.69. The number of nitro groups is 1. The lowest BCUT2D eigenvalue weighted by molar-refractivity contribution is -0.388. The van der Waals surface area contributed by atoms with Gasteiger partial charge in [0, 0.05) is 19.2 Å². The van der Waals surface area contributed by atoms with E-state index in [1.807, 2.05) is 6.92 Å². The first kappa shape index (κ1) is 21.7. The average Bonchev–Trinajstić information content (AvgIpc) is 2.65. The van der Waals surface area contributed by atoms with E-state index in [0.717, 1.165) is 32.0 Å². The van der Waals surface area contributed by atoms with E-state index in [-0.39, 0.29) is 42.0 Å². The van der Waals surface area contributed by atoms with E-state index in [9.17, 15) is 18.5 Å². The second-order valence-electron chi connectivity index (χ2n) is 6.38. The van der Waals surface area contributed by atoms with Crippen LogP contribution in [0.4, 0.5) is 5.69 Å². The Bertz CT molecular complexity index is 781. The molecule has 0 unspecified atom stereocenters.